The van der Waals surface area contributed by atoms with E-state index in [4.69, 9.17) is 9.72 Å². The predicted molar refractivity (Wildman–Crippen MR) is 182 cm³/mol. The number of fused-ring (bicyclic) bond motifs is 1. The Morgan fingerprint density at radius 3 is 2.47 bits per heavy atom. The van der Waals surface area contributed by atoms with Crippen LogP contribution in [0, 0.1) is 5.92 Å². The van der Waals surface area contributed by atoms with Crippen LogP contribution in [-0.4, -0.2) is 103 Å². The number of hydrogen-bond acceptors (Lipinski definition) is 9. The number of ether oxygens (including phenoxy) is 1. The molecule has 4 aliphatic rings. The minimum Gasteiger partial charge on any atom is -0.495 e. The number of carbonyl (C=O) groups excluding carboxylic acids is 2. The molecule has 2 amide bonds. The first kappa shape index (κ1) is 31.5. The van der Waals surface area contributed by atoms with Crippen LogP contribution in [0.15, 0.2) is 24.4 Å². The van der Waals surface area contributed by atoms with Gasteiger partial charge in [0.2, 0.25) is 11.9 Å². The lowest BCUT2D eigenvalue weighted by atomic mass is 9.89. The molecule has 0 radical (unpaired) electrons. The molecule has 2 aliphatic carbocycles. The van der Waals surface area contributed by atoms with E-state index in [-0.39, 0.29) is 32.8 Å². The zero-order valence-electron chi connectivity index (χ0n) is 27.6. The lowest BCUT2D eigenvalue weighted by molar-refractivity contribution is -0.120. The van der Waals surface area contributed by atoms with E-state index in [2.05, 4.69) is 44.2 Å². The molecule has 3 fully saturated rings. The van der Waals surface area contributed by atoms with Crippen LogP contribution in [0.3, 0.4) is 0 Å². The Bertz CT molecular complexity index is 1380. The molecule has 2 aromatic rings. The van der Waals surface area contributed by atoms with Gasteiger partial charge in [-0.3, -0.25) is 14.5 Å². The Hall–Kier alpha value is -3.44. The normalized spacial score (nSPS) is 24.5. The van der Waals surface area contributed by atoms with E-state index < -0.39 is 0 Å². The van der Waals surface area contributed by atoms with Crippen molar-refractivity contribution in [2.24, 2.45) is 5.92 Å². The van der Waals surface area contributed by atoms with Gasteiger partial charge in [0.15, 0.2) is 5.82 Å². The second kappa shape index (κ2) is 13.5. The molecule has 2 aliphatic heterocycles. The second-order valence-corrected chi connectivity index (χ2v) is 13.5. The van der Waals surface area contributed by atoms with Gasteiger partial charge in [0.1, 0.15) is 17.5 Å². The van der Waals surface area contributed by atoms with Crippen LogP contribution in [0.4, 0.5) is 23.1 Å². The predicted octanol–water partition coefficient (Wildman–Crippen LogP) is 4.76. The highest BCUT2D eigenvalue weighted by molar-refractivity contribution is 6.04. The summed E-state index contributed by atoms with van der Waals surface area (Å²) in [6, 6.07) is 6.05. The number of carbonyl (C=O) groups is 2. The zero-order valence-corrected chi connectivity index (χ0v) is 27.6. The fraction of sp³-hybridized carbons (Fsp3) is 0.647. The summed E-state index contributed by atoms with van der Waals surface area (Å²) in [4.78, 5) is 44.6. The van der Waals surface area contributed by atoms with Crippen molar-refractivity contribution in [3.05, 3.63) is 30.0 Å². The van der Waals surface area contributed by atoms with E-state index >= 15 is 0 Å². The molecule has 2 N–H and O–H groups in total. The lowest BCUT2D eigenvalue weighted by Gasteiger charge is -2.42. The van der Waals surface area contributed by atoms with Crippen LogP contribution >= 0.6 is 0 Å². The quantitative estimate of drug-likeness (QED) is 0.388. The van der Waals surface area contributed by atoms with Crippen LogP contribution in [0.2, 0.25) is 0 Å². The van der Waals surface area contributed by atoms with Crippen LogP contribution in [0.25, 0.3) is 0 Å². The first-order valence-electron chi connectivity index (χ1n) is 16.9. The number of methoxy groups -OCH3 is 1. The number of likely N-dealkylation sites (N-methyl/N-ethyl adjacent to an activating group) is 1. The molecule has 0 unspecified atom stereocenters. The van der Waals surface area contributed by atoms with Gasteiger partial charge in [-0.05, 0) is 82.9 Å². The van der Waals surface area contributed by atoms with Crippen molar-refractivity contribution in [3.63, 3.8) is 0 Å². The summed E-state index contributed by atoms with van der Waals surface area (Å²) >= 11 is 0. The standard InChI is InChI=1S/C34H50N8O3.2H2/c1-6-28-33(44)39(4)29-20-35-34(38-31(29)42(28)22(2)3)37-27-14-9-24(19-30(27)45-5)32(43)36-25-10-12-26(13-11-25)41-17-15-40(16-18-41)21-23-7-8-23;;/h9,14,19-20,22-23,25-26,28H,6-8,10-13,15-18,21H2,1-5H3,(H,36,43)(H,35,37,38);2*1H/t25?,26?,28-;;/m1../s1. The molecular weight excluding hydrogens is 568 g/mol. The number of amides is 2. The van der Waals surface area contributed by atoms with Gasteiger partial charge in [0.05, 0.1) is 19.0 Å². The van der Waals surface area contributed by atoms with Gasteiger partial charge in [-0.25, -0.2) is 4.98 Å². The summed E-state index contributed by atoms with van der Waals surface area (Å²) in [5.41, 5.74) is 1.91. The summed E-state index contributed by atoms with van der Waals surface area (Å²) in [5, 5.41) is 6.55. The Labute approximate surface area is 270 Å². The summed E-state index contributed by atoms with van der Waals surface area (Å²) in [6.45, 7) is 12.2. The number of anilines is 4. The average Bonchev–Trinajstić information content (AvgIpc) is 3.87. The largest absolute Gasteiger partial charge is 0.495 e. The fourth-order valence-corrected chi connectivity index (χ4v) is 7.32. The summed E-state index contributed by atoms with van der Waals surface area (Å²) in [7, 11) is 3.36. The first-order chi connectivity index (χ1) is 21.7. The molecule has 11 nitrogen and oxygen atoms in total. The van der Waals surface area contributed by atoms with Crippen molar-refractivity contribution in [3.8, 4) is 5.75 Å². The van der Waals surface area contributed by atoms with Gasteiger partial charge in [0, 0.05) is 66.3 Å². The second-order valence-electron chi connectivity index (χ2n) is 13.5. The topological polar surface area (TPSA) is 106 Å². The Balaban J connectivity index is 0.00000250. The molecule has 0 spiro atoms. The molecule has 6 rings (SSSR count). The molecule has 2 saturated carbocycles. The van der Waals surface area contributed by atoms with Gasteiger partial charge >= 0.3 is 0 Å². The van der Waals surface area contributed by atoms with Crippen LogP contribution in [-0.2, 0) is 4.79 Å². The third-order valence-electron chi connectivity index (χ3n) is 10.1. The highest BCUT2D eigenvalue weighted by Crippen LogP contribution is 2.37. The average molecular weight is 623 g/mol. The van der Waals surface area contributed by atoms with E-state index in [1.807, 2.05) is 19.1 Å². The molecule has 1 atom stereocenters. The van der Waals surface area contributed by atoms with Crippen molar-refractivity contribution in [2.45, 2.75) is 89.9 Å². The van der Waals surface area contributed by atoms with Crippen LogP contribution in [0.1, 0.15) is 78.9 Å². The van der Waals surface area contributed by atoms with Gasteiger partial charge in [0.25, 0.3) is 5.91 Å². The summed E-state index contributed by atoms with van der Waals surface area (Å²) < 4.78 is 5.68. The van der Waals surface area contributed by atoms with Gasteiger partial charge in [-0.1, -0.05) is 6.92 Å². The van der Waals surface area contributed by atoms with Gasteiger partial charge < -0.3 is 30.1 Å². The SMILES string of the molecule is CC[C@@H]1C(=O)N(C)c2cnc(Nc3ccc(C(=O)NC4CCC(N5CCN(CC6CC6)CC5)CC4)cc3OC)nc2N1C(C)C.[HH].[HH]. The van der Waals surface area contributed by atoms with E-state index in [0.29, 0.717) is 41.1 Å². The van der Waals surface area contributed by atoms with E-state index in [1.165, 1.54) is 45.6 Å². The summed E-state index contributed by atoms with van der Waals surface area (Å²) in [6.07, 6.45) is 9.51. The van der Waals surface area contributed by atoms with Crippen LogP contribution in [0.5, 0.6) is 5.75 Å². The smallest absolute Gasteiger partial charge is 0.251 e. The number of nitrogens with one attached hydrogen (secondary N) is 2. The Morgan fingerprint density at radius 1 is 1.09 bits per heavy atom. The molecule has 1 saturated heterocycles. The minimum absolute atomic E-state index is 0. The monoisotopic (exact) mass is 622 g/mol. The van der Waals surface area contributed by atoms with Crippen molar-refractivity contribution >= 4 is 35.0 Å². The lowest BCUT2D eigenvalue weighted by Crippen LogP contribution is -2.54. The molecule has 1 aromatic carbocycles. The molecule has 1 aromatic heterocycles. The first-order valence-corrected chi connectivity index (χ1v) is 16.9. The molecular formula is C34H54N8O3. The van der Waals surface area contributed by atoms with Crippen molar-refractivity contribution < 1.29 is 17.2 Å². The minimum atomic E-state index is -0.278. The van der Waals surface area contributed by atoms with Crippen molar-refractivity contribution in [1.29, 1.82) is 0 Å². The number of nitrogens with zero attached hydrogens (tertiary/aromatic N) is 6. The van der Waals surface area contributed by atoms with E-state index in [0.717, 1.165) is 37.4 Å². The number of rotatable bonds is 10. The van der Waals surface area contributed by atoms with Crippen LogP contribution < -0.4 is 25.2 Å². The van der Waals surface area contributed by atoms with Gasteiger partial charge in [-0.2, -0.15) is 4.98 Å². The highest BCUT2D eigenvalue weighted by Gasteiger charge is 2.38. The maximum atomic E-state index is 13.3. The molecule has 11 heteroatoms. The maximum absolute atomic E-state index is 13.3. The molecule has 248 valence electrons. The molecule has 45 heavy (non-hydrogen) atoms. The fourth-order valence-electron chi connectivity index (χ4n) is 7.32. The van der Waals surface area contributed by atoms with E-state index in [9.17, 15) is 9.59 Å². The van der Waals surface area contributed by atoms with Crippen molar-refractivity contribution in [2.75, 3.05) is 62.0 Å². The van der Waals surface area contributed by atoms with E-state index in [1.54, 1.807) is 31.3 Å². The molecule has 0 bridgehead atoms. The number of benzene rings is 1. The highest BCUT2D eigenvalue weighted by atomic mass is 16.5. The molecule has 3 heterocycles. The third kappa shape index (κ3) is 6.89. The summed E-state index contributed by atoms with van der Waals surface area (Å²) in [5.74, 6) is 2.59. The third-order valence-corrected chi connectivity index (χ3v) is 10.1. The number of piperazine rings is 1. The maximum Gasteiger partial charge on any atom is 0.251 e. The zero-order chi connectivity index (χ0) is 31.7. The Morgan fingerprint density at radius 2 is 1.82 bits per heavy atom. The number of aromatic nitrogens is 2. The Kier molecular flexibility index (Phi) is 9.46. The van der Waals surface area contributed by atoms with Crippen molar-refractivity contribution in [1.82, 2.24) is 25.1 Å². The number of hydrogen-bond donors (Lipinski definition) is 2. The van der Waals surface area contributed by atoms with Gasteiger partial charge in [-0.15, -0.1) is 0 Å².